The van der Waals surface area contributed by atoms with Crippen molar-refractivity contribution in [2.45, 2.75) is 65.1 Å². The van der Waals surface area contributed by atoms with E-state index in [9.17, 15) is 4.79 Å². The van der Waals surface area contributed by atoms with Gasteiger partial charge in [-0.05, 0) is 59.1 Å². The van der Waals surface area contributed by atoms with Crippen molar-refractivity contribution in [3.63, 3.8) is 0 Å². The van der Waals surface area contributed by atoms with Gasteiger partial charge in [0.2, 0.25) is 0 Å². The quantitative estimate of drug-likeness (QED) is 0.506. The Kier molecular flexibility index (Phi) is 10.5. The van der Waals surface area contributed by atoms with Crippen LogP contribution in [0.15, 0.2) is 24.3 Å². The normalized spacial score (nSPS) is 13.8. The van der Waals surface area contributed by atoms with Gasteiger partial charge in [-0.3, -0.25) is 4.79 Å². The van der Waals surface area contributed by atoms with Gasteiger partial charge < -0.3 is 25.3 Å². The van der Waals surface area contributed by atoms with Crippen LogP contribution in [0.4, 0.5) is 0 Å². The standard InChI is InChI=1S/C22H38N2O4/c1-6-22(5,28-15-12-21(3,4)27-16-13-23)11-14-24-20(25)17-26-19-9-7-18(2)8-10-19/h7-10H,6,11-17,23H2,1-5H3,(H,24,25). The van der Waals surface area contributed by atoms with Crippen LogP contribution < -0.4 is 15.8 Å². The number of benzene rings is 1. The lowest BCUT2D eigenvalue weighted by molar-refractivity contribution is -0.123. The molecule has 1 aromatic carbocycles. The molecule has 0 fully saturated rings. The zero-order valence-electron chi connectivity index (χ0n) is 18.2. The molecule has 1 amide bonds. The molecular weight excluding hydrogens is 356 g/mol. The van der Waals surface area contributed by atoms with Gasteiger partial charge in [-0.25, -0.2) is 0 Å². The summed E-state index contributed by atoms with van der Waals surface area (Å²) in [6.07, 6.45) is 2.40. The van der Waals surface area contributed by atoms with Gasteiger partial charge in [0.1, 0.15) is 5.75 Å². The van der Waals surface area contributed by atoms with Crippen molar-refractivity contribution in [3.05, 3.63) is 29.8 Å². The lowest BCUT2D eigenvalue weighted by Crippen LogP contribution is -2.37. The van der Waals surface area contributed by atoms with Crippen LogP contribution in [0, 0.1) is 6.92 Å². The molecular formula is C22H38N2O4. The van der Waals surface area contributed by atoms with Crippen molar-refractivity contribution in [3.8, 4) is 5.75 Å². The van der Waals surface area contributed by atoms with Crippen LogP contribution in [0.25, 0.3) is 0 Å². The van der Waals surface area contributed by atoms with Crippen molar-refractivity contribution < 1.29 is 19.0 Å². The molecule has 0 aliphatic rings. The lowest BCUT2D eigenvalue weighted by atomic mass is 9.98. The molecule has 0 bridgehead atoms. The number of carbonyl (C=O) groups excluding carboxylic acids is 1. The summed E-state index contributed by atoms with van der Waals surface area (Å²) in [5.41, 5.74) is 6.12. The summed E-state index contributed by atoms with van der Waals surface area (Å²) in [6.45, 7) is 12.5. The number of hydrogen-bond donors (Lipinski definition) is 2. The maximum Gasteiger partial charge on any atom is 0.257 e. The van der Waals surface area contributed by atoms with Crippen LogP contribution in [0.3, 0.4) is 0 Å². The third-order valence-electron chi connectivity index (χ3n) is 4.88. The average molecular weight is 395 g/mol. The second kappa shape index (κ2) is 12.0. The molecule has 0 spiro atoms. The number of carbonyl (C=O) groups is 1. The minimum Gasteiger partial charge on any atom is -0.484 e. The maximum absolute atomic E-state index is 12.0. The Morgan fingerprint density at radius 3 is 2.36 bits per heavy atom. The first kappa shape index (κ1) is 24.4. The van der Waals surface area contributed by atoms with E-state index in [-0.39, 0.29) is 23.7 Å². The fourth-order valence-electron chi connectivity index (χ4n) is 2.60. The van der Waals surface area contributed by atoms with Gasteiger partial charge >= 0.3 is 0 Å². The first-order valence-corrected chi connectivity index (χ1v) is 10.1. The Bertz CT molecular complexity index is 574. The van der Waals surface area contributed by atoms with Gasteiger partial charge in [-0.15, -0.1) is 0 Å². The molecule has 1 aromatic rings. The summed E-state index contributed by atoms with van der Waals surface area (Å²) in [7, 11) is 0. The fourth-order valence-corrected chi connectivity index (χ4v) is 2.60. The molecule has 0 aliphatic carbocycles. The highest BCUT2D eigenvalue weighted by atomic mass is 16.5. The summed E-state index contributed by atoms with van der Waals surface area (Å²) < 4.78 is 17.4. The summed E-state index contributed by atoms with van der Waals surface area (Å²) in [5.74, 6) is 0.567. The highest BCUT2D eigenvalue weighted by Gasteiger charge is 2.25. The third-order valence-corrected chi connectivity index (χ3v) is 4.88. The number of aryl methyl sites for hydroxylation is 1. The van der Waals surface area contributed by atoms with Crippen LogP contribution in [-0.4, -0.2) is 50.0 Å². The first-order valence-electron chi connectivity index (χ1n) is 10.1. The molecule has 0 saturated carbocycles. The molecule has 1 atom stereocenters. The second-order valence-electron chi connectivity index (χ2n) is 8.00. The maximum atomic E-state index is 12.0. The van der Waals surface area contributed by atoms with Gasteiger partial charge in [0.15, 0.2) is 6.61 Å². The largest absolute Gasteiger partial charge is 0.484 e. The van der Waals surface area contributed by atoms with E-state index in [2.05, 4.69) is 19.2 Å². The Labute approximate surface area is 170 Å². The molecule has 1 rings (SSSR count). The summed E-state index contributed by atoms with van der Waals surface area (Å²) in [4.78, 5) is 12.0. The topological polar surface area (TPSA) is 82.8 Å². The summed E-state index contributed by atoms with van der Waals surface area (Å²) in [6, 6.07) is 7.64. The monoisotopic (exact) mass is 394 g/mol. The highest BCUT2D eigenvalue weighted by molar-refractivity contribution is 5.77. The van der Waals surface area contributed by atoms with E-state index >= 15 is 0 Å². The molecule has 0 radical (unpaired) electrons. The predicted molar refractivity (Wildman–Crippen MR) is 113 cm³/mol. The van der Waals surface area contributed by atoms with Gasteiger partial charge in [0.05, 0.1) is 24.4 Å². The molecule has 28 heavy (non-hydrogen) atoms. The highest BCUT2D eigenvalue weighted by Crippen LogP contribution is 2.22. The van der Waals surface area contributed by atoms with Gasteiger partial charge in [-0.2, -0.15) is 0 Å². The van der Waals surface area contributed by atoms with Crippen LogP contribution in [0.2, 0.25) is 0 Å². The minimum absolute atomic E-state index is 0.0133. The van der Waals surface area contributed by atoms with Crippen molar-refractivity contribution in [1.82, 2.24) is 5.32 Å². The van der Waals surface area contributed by atoms with Gasteiger partial charge in [0.25, 0.3) is 5.91 Å². The molecule has 6 nitrogen and oxygen atoms in total. The number of ether oxygens (including phenoxy) is 3. The lowest BCUT2D eigenvalue weighted by Gasteiger charge is -2.31. The summed E-state index contributed by atoms with van der Waals surface area (Å²) >= 11 is 0. The molecule has 160 valence electrons. The van der Waals surface area contributed by atoms with E-state index in [4.69, 9.17) is 19.9 Å². The van der Waals surface area contributed by atoms with Crippen molar-refractivity contribution >= 4 is 5.91 Å². The van der Waals surface area contributed by atoms with E-state index in [1.165, 1.54) is 0 Å². The molecule has 0 aliphatic heterocycles. The molecule has 0 heterocycles. The smallest absolute Gasteiger partial charge is 0.257 e. The van der Waals surface area contributed by atoms with Crippen molar-refractivity contribution in [1.29, 1.82) is 0 Å². The number of nitrogens with one attached hydrogen (secondary N) is 1. The number of nitrogens with two attached hydrogens (primary N) is 1. The molecule has 3 N–H and O–H groups in total. The Morgan fingerprint density at radius 2 is 1.75 bits per heavy atom. The van der Waals surface area contributed by atoms with E-state index in [0.29, 0.717) is 32.1 Å². The molecule has 1 unspecified atom stereocenters. The van der Waals surface area contributed by atoms with Crippen LogP contribution in [0.1, 0.15) is 52.5 Å². The number of hydrogen-bond acceptors (Lipinski definition) is 5. The summed E-state index contributed by atoms with van der Waals surface area (Å²) in [5, 5.41) is 2.91. The van der Waals surface area contributed by atoms with E-state index in [1.54, 1.807) is 0 Å². The number of amides is 1. The molecule has 6 heteroatoms. The second-order valence-corrected chi connectivity index (χ2v) is 8.00. The van der Waals surface area contributed by atoms with Crippen molar-refractivity contribution in [2.75, 3.05) is 32.9 Å². The van der Waals surface area contributed by atoms with E-state index < -0.39 is 0 Å². The van der Waals surface area contributed by atoms with Crippen LogP contribution in [0.5, 0.6) is 5.75 Å². The Balaban J connectivity index is 2.29. The fraction of sp³-hybridized carbons (Fsp3) is 0.682. The zero-order chi connectivity index (χ0) is 21.0. The van der Waals surface area contributed by atoms with Crippen LogP contribution >= 0.6 is 0 Å². The molecule has 0 saturated heterocycles. The van der Waals surface area contributed by atoms with Crippen LogP contribution in [-0.2, 0) is 14.3 Å². The van der Waals surface area contributed by atoms with Gasteiger partial charge in [0, 0.05) is 13.1 Å². The van der Waals surface area contributed by atoms with E-state index in [1.807, 2.05) is 45.0 Å². The van der Waals surface area contributed by atoms with Crippen molar-refractivity contribution in [2.24, 2.45) is 5.73 Å². The zero-order valence-corrected chi connectivity index (χ0v) is 18.2. The number of rotatable bonds is 14. The Morgan fingerprint density at radius 1 is 1.07 bits per heavy atom. The SMILES string of the molecule is CCC(C)(CCNC(=O)COc1ccc(C)cc1)OCCC(C)(C)OCCN. The minimum atomic E-state index is -0.283. The first-order chi connectivity index (χ1) is 13.2. The average Bonchev–Trinajstić information content (AvgIpc) is 2.66. The van der Waals surface area contributed by atoms with Gasteiger partial charge in [-0.1, -0.05) is 24.6 Å². The van der Waals surface area contributed by atoms with E-state index in [0.717, 1.165) is 24.8 Å². The predicted octanol–water partition coefficient (Wildman–Crippen LogP) is 3.21. The third kappa shape index (κ3) is 10.1. The Hall–Kier alpha value is -1.63. The molecule has 0 aromatic heterocycles.